The van der Waals surface area contributed by atoms with E-state index in [1.807, 2.05) is 25.1 Å². The Morgan fingerprint density at radius 3 is 2.84 bits per heavy atom. The van der Waals surface area contributed by atoms with Gasteiger partial charge in [-0.3, -0.25) is 9.78 Å². The first-order valence-electron chi connectivity index (χ1n) is 9.51. The number of nitrogens with one attached hydrogen (secondary N) is 1. The Morgan fingerprint density at radius 1 is 1.13 bits per heavy atom. The Labute approximate surface area is 176 Å². The molecule has 4 aromatic heterocycles. The monoisotopic (exact) mass is 413 g/mol. The number of rotatable bonds is 4. The van der Waals surface area contributed by atoms with E-state index < -0.39 is 11.7 Å². The van der Waals surface area contributed by atoms with Crippen LogP contribution in [0, 0.1) is 12.7 Å². The third-order valence-electron chi connectivity index (χ3n) is 4.84. The molecule has 0 saturated heterocycles. The highest BCUT2D eigenvalue weighted by Gasteiger charge is 2.14. The second kappa shape index (κ2) is 7.49. The van der Waals surface area contributed by atoms with Crippen LogP contribution in [0.15, 0.2) is 77.8 Å². The highest BCUT2D eigenvalue weighted by Crippen LogP contribution is 2.25. The van der Waals surface area contributed by atoms with E-state index in [1.165, 1.54) is 29.1 Å². The van der Waals surface area contributed by atoms with E-state index in [4.69, 9.17) is 4.42 Å². The number of halogens is 1. The molecule has 1 amide bonds. The van der Waals surface area contributed by atoms with E-state index in [0.29, 0.717) is 11.3 Å². The molecule has 1 N–H and O–H groups in total. The summed E-state index contributed by atoms with van der Waals surface area (Å²) in [5.74, 6) is -0.743. The van der Waals surface area contributed by atoms with Gasteiger partial charge in [-0.05, 0) is 55.0 Å². The lowest BCUT2D eigenvalue weighted by atomic mass is 10.1. The summed E-state index contributed by atoms with van der Waals surface area (Å²) in [5.41, 5.74) is 3.79. The van der Waals surface area contributed by atoms with Gasteiger partial charge in [0, 0.05) is 35.2 Å². The predicted molar refractivity (Wildman–Crippen MR) is 113 cm³/mol. The van der Waals surface area contributed by atoms with Crippen LogP contribution in [0.25, 0.3) is 28.0 Å². The molecule has 5 aromatic rings. The highest BCUT2D eigenvalue weighted by atomic mass is 19.1. The Balaban J connectivity index is 1.50. The quantitative estimate of drug-likeness (QED) is 0.458. The molecule has 0 aliphatic heterocycles. The number of hydrogen-bond acceptors (Lipinski definition) is 5. The van der Waals surface area contributed by atoms with Gasteiger partial charge in [0.05, 0.1) is 12.0 Å². The van der Waals surface area contributed by atoms with Gasteiger partial charge in [0.1, 0.15) is 11.5 Å². The summed E-state index contributed by atoms with van der Waals surface area (Å²) in [6, 6.07) is 13.2. The summed E-state index contributed by atoms with van der Waals surface area (Å²) in [5, 5.41) is 7.82. The molecule has 8 heteroatoms. The van der Waals surface area contributed by atoms with Gasteiger partial charge in [-0.2, -0.15) is 0 Å². The largest absolute Gasteiger partial charge is 0.459 e. The van der Waals surface area contributed by atoms with Crippen molar-refractivity contribution in [2.45, 2.75) is 6.92 Å². The van der Waals surface area contributed by atoms with Crippen molar-refractivity contribution in [3.8, 4) is 16.9 Å². The van der Waals surface area contributed by atoms with E-state index in [2.05, 4.69) is 20.4 Å². The molecule has 0 aliphatic carbocycles. The third kappa shape index (κ3) is 3.55. The molecule has 0 unspecified atom stereocenters. The summed E-state index contributed by atoms with van der Waals surface area (Å²) in [4.78, 5) is 21.0. The number of carbonyl (C=O) groups is 1. The zero-order valence-electron chi connectivity index (χ0n) is 16.4. The second-order valence-electron chi connectivity index (χ2n) is 6.98. The molecule has 0 atom stereocenters. The van der Waals surface area contributed by atoms with Crippen LogP contribution >= 0.6 is 0 Å². The fraction of sp³-hybridized carbons (Fsp3) is 0.0435. The van der Waals surface area contributed by atoms with Gasteiger partial charge in [0.2, 0.25) is 0 Å². The summed E-state index contributed by atoms with van der Waals surface area (Å²) in [7, 11) is 0. The maximum Gasteiger partial charge on any atom is 0.291 e. The molecule has 0 bridgehead atoms. The van der Waals surface area contributed by atoms with E-state index in [-0.39, 0.29) is 11.4 Å². The predicted octanol–water partition coefficient (Wildman–Crippen LogP) is 4.78. The van der Waals surface area contributed by atoms with Crippen LogP contribution < -0.4 is 5.32 Å². The van der Waals surface area contributed by atoms with E-state index in [1.54, 1.807) is 30.7 Å². The number of nitrogens with zero attached hydrogens (tertiary/aromatic N) is 4. The maximum absolute atomic E-state index is 14.6. The van der Waals surface area contributed by atoms with E-state index >= 15 is 0 Å². The lowest BCUT2D eigenvalue weighted by Crippen LogP contribution is -2.11. The summed E-state index contributed by atoms with van der Waals surface area (Å²) >= 11 is 0. The number of fused-ring (bicyclic) bond motifs is 1. The first-order valence-corrected chi connectivity index (χ1v) is 9.51. The third-order valence-corrected chi connectivity index (χ3v) is 4.84. The zero-order valence-corrected chi connectivity index (χ0v) is 16.4. The Kier molecular flexibility index (Phi) is 4.51. The van der Waals surface area contributed by atoms with Crippen LogP contribution in [0.2, 0.25) is 0 Å². The van der Waals surface area contributed by atoms with Gasteiger partial charge in [-0.1, -0.05) is 6.07 Å². The molecule has 152 valence electrons. The molecule has 0 saturated carbocycles. The van der Waals surface area contributed by atoms with Gasteiger partial charge in [-0.15, -0.1) is 5.10 Å². The average molecular weight is 413 g/mol. The number of pyridine rings is 2. The molecule has 5 rings (SSSR count). The van der Waals surface area contributed by atoms with Crippen LogP contribution in [-0.2, 0) is 0 Å². The van der Waals surface area contributed by atoms with Crippen molar-refractivity contribution in [3.05, 3.63) is 90.5 Å². The van der Waals surface area contributed by atoms with Crippen molar-refractivity contribution >= 4 is 22.6 Å². The second-order valence-corrected chi connectivity index (χ2v) is 6.98. The van der Waals surface area contributed by atoms with Gasteiger partial charge in [0.15, 0.2) is 11.4 Å². The van der Waals surface area contributed by atoms with Crippen molar-refractivity contribution in [1.82, 2.24) is 19.7 Å². The number of anilines is 1. The number of hydrogen-bond donors (Lipinski definition) is 1. The van der Waals surface area contributed by atoms with E-state index in [9.17, 15) is 9.18 Å². The van der Waals surface area contributed by atoms with Crippen molar-refractivity contribution in [3.63, 3.8) is 0 Å². The van der Waals surface area contributed by atoms with Crippen LogP contribution in [0.5, 0.6) is 0 Å². The molecule has 31 heavy (non-hydrogen) atoms. The number of aromatic nitrogens is 4. The summed E-state index contributed by atoms with van der Waals surface area (Å²) < 4.78 is 21.1. The van der Waals surface area contributed by atoms with Gasteiger partial charge < -0.3 is 9.73 Å². The first-order chi connectivity index (χ1) is 15.1. The number of aryl methyl sites for hydroxylation is 1. The highest BCUT2D eigenvalue weighted by molar-refractivity contribution is 6.02. The number of carbonyl (C=O) groups excluding carboxylic acids is 1. The number of benzene rings is 1. The lowest BCUT2D eigenvalue weighted by Gasteiger charge is -2.07. The SMILES string of the molecule is Cc1cccnc1-c1cnc2nn(-c3cc(NC(=O)c4ccco4)ccc3F)cc2c1. The maximum atomic E-state index is 14.6. The fourth-order valence-corrected chi connectivity index (χ4v) is 3.32. The van der Waals surface area contributed by atoms with Crippen molar-refractivity contribution in [2.24, 2.45) is 0 Å². The molecule has 1 aromatic carbocycles. The topological polar surface area (TPSA) is 85.8 Å². The lowest BCUT2D eigenvalue weighted by molar-refractivity contribution is 0.0996. The van der Waals surface area contributed by atoms with Crippen LogP contribution in [-0.4, -0.2) is 25.7 Å². The molecule has 0 aliphatic rings. The van der Waals surface area contributed by atoms with Gasteiger partial charge in [0.25, 0.3) is 5.91 Å². The zero-order chi connectivity index (χ0) is 21.4. The first kappa shape index (κ1) is 18.7. The average Bonchev–Trinajstić information content (AvgIpc) is 3.45. The minimum Gasteiger partial charge on any atom is -0.459 e. The summed E-state index contributed by atoms with van der Waals surface area (Å²) in [6.07, 6.45) is 6.54. The molecule has 0 spiro atoms. The molecule has 0 fully saturated rings. The van der Waals surface area contributed by atoms with E-state index in [0.717, 1.165) is 22.2 Å². The van der Waals surface area contributed by atoms with Crippen LogP contribution in [0.4, 0.5) is 10.1 Å². The standard InChI is InChI=1S/C23H16FN5O2/c1-14-4-2-8-25-21(14)15-10-16-13-29(28-22(16)26-12-15)19-11-17(6-7-18(19)24)27-23(30)20-5-3-9-31-20/h2-13H,1H3,(H,27,30). The molecular formula is C23H16FN5O2. The number of furan rings is 1. The molecule has 7 nitrogen and oxygen atoms in total. The molecular weight excluding hydrogens is 397 g/mol. The summed E-state index contributed by atoms with van der Waals surface area (Å²) in [6.45, 7) is 1.98. The van der Waals surface area contributed by atoms with Crippen molar-refractivity contribution < 1.29 is 13.6 Å². The Morgan fingerprint density at radius 2 is 2.03 bits per heavy atom. The van der Waals surface area contributed by atoms with Crippen LogP contribution in [0.1, 0.15) is 16.1 Å². The fourth-order valence-electron chi connectivity index (χ4n) is 3.32. The van der Waals surface area contributed by atoms with Crippen LogP contribution in [0.3, 0.4) is 0 Å². The van der Waals surface area contributed by atoms with Gasteiger partial charge in [-0.25, -0.2) is 14.1 Å². The van der Waals surface area contributed by atoms with Gasteiger partial charge >= 0.3 is 0 Å². The smallest absolute Gasteiger partial charge is 0.291 e. The Bertz CT molecular complexity index is 1410. The molecule has 4 heterocycles. The number of amides is 1. The minimum atomic E-state index is -0.482. The molecule has 0 radical (unpaired) electrons. The minimum absolute atomic E-state index is 0.164. The van der Waals surface area contributed by atoms with Crippen molar-refractivity contribution in [2.75, 3.05) is 5.32 Å². The normalized spacial score (nSPS) is 11.0. The Hall–Kier alpha value is -4.33. The van der Waals surface area contributed by atoms with Crippen molar-refractivity contribution in [1.29, 1.82) is 0 Å².